The molecule has 1 unspecified atom stereocenters. The van der Waals surface area contributed by atoms with Crippen LogP contribution >= 0.6 is 31.9 Å². The zero-order chi connectivity index (χ0) is 40.7. The minimum atomic E-state index is -0.616. The third-order valence-electron chi connectivity index (χ3n) is 9.04. The lowest BCUT2D eigenvalue weighted by molar-refractivity contribution is -0.123. The molecule has 0 radical (unpaired) electrons. The topological polar surface area (TPSA) is 125 Å². The molecule has 56 heavy (non-hydrogen) atoms. The molecular weight excluding hydrogens is 842 g/mol. The Morgan fingerprint density at radius 2 is 1.14 bits per heavy atom. The van der Waals surface area contributed by atoms with E-state index in [4.69, 9.17) is 18.3 Å². The Balaban J connectivity index is 0.000000214. The van der Waals surface area contributed by atoms with Gasteiger partial charge in [0, 0.05) is 56.1 Å². The molecule has 9 nitrogen and oxygen atoms in total. The minimum absolute atomic E-state index is 0.00922. The Kier molecular flexibility index (Phi) is 14.1. The van der Waals surface area contributed by atoms with Gasteiger partial charge in [0.2, 0.25) is 5.91 Å². The molecule has 0 fully saturated rings. The van der Waals surface area contributed by atoms with E-state index < -0.39 is 5.92 Å². The van der Waals surface area contributed by atoms with E-state index in [2.05, 4.69) is 37.2 Å². The first-order chi connectivity index (χ1) is 26.7. The molecule has 2 aromatic heterocycles. The quantitative estimate of drug-likeness (QED) is 0.107. The van der Waals surface area contributed by atoms with Crippen molar-refractivity contribution in [3.8, 4) is 11.5 Å². The fourth-order valence-corrected chi connectivity index (χ4v) is 6.80. The maximum absolute atomic E-state index is 13.4. The zero-order valence-corrected chi connectivity index (χ0v) is 35.6. The monoisotopic (exact) mass is 885 g/mol. The van der Waals surface area contributed by atoms with Gasteiger partial charge in [-0.3, -0.25) is 19.2 Å². The van der Waals surface area contributed by atoms with Crippen molar-refractivity contribution in [3.05, 3.63) is 128 Å². The number of halogens is 2. The molecule has 1 N–H and O–H groups in total. The Bertz CT molecular complexity index is 2350. The van der Waals surface area contributed by atoms with Crippen LogP contribution in [0.2, 0.25) is 0 Å². The van der Waals surface area contributed by atoms with Gasteiger partial charge in [-0.1, -0.05) is 45.7 Å². The second kappa shape index (κ2) is 18.8. The third-order valence-corrected chi connectivity index (χ3v) is 10.1. The first-order valence-corrected chi connectivity index (χ1v) is 19.9. The standard InChI is InChI=1S/C23H23BrO4.C22H22BrNO4/c1-14(2)12-17(25)8-10-21-22(23(26)15-4-6-16(24)7-5-15)19-13-18(27-3)9-11-20(19)28-21;1-12(2)24-22(26)13(3)21-19(20(25)14-5-7-15(23)8-6-14)17-11-16(27-4)9-10-18(17)28-21/h4-7,9,11,13-14H,8,10,12H2,1-3H3;5-13H,1-4H3,(H,24,26). The predicted molar refractivity (Wildman–Crippen MR) is 225 cm³/mol. The lowest BCUT2D eigenvalue weighted by Gasteiger charge is -2.14. The van der Waals surface area contributed by atoms with Gasteiger partial charge in [0.25, 0.3) is 0 Å². The smallest absolute Gasteiger partial charge is 0.230 e. The molecule has 1 amide bonds. The van der Waals surface area contributed by atoms with Crippen LogP contribution in [-0.2, 0) is 16.0 Å². The van der Waals surface area contributed by atoms with Crippen LogP contribution in [0.5, 0.6) is 11.5 Å². The van der Waals surface area contributed by atoms with E-state index in [1.54, 1.807) is 75.7 Å². The third kappa shape index (κ3) is 10.0. The summed E-state index contributed by atoms with van der Waals surface area (Å²) in [5, 5.41) is 4.22. The van der Waals surface area contributed by atoms with Crippen LogP contribution in [0, 0.1) is 5.92 Å². The van der Waals surface area contributed by atoms with Crippen molar-refractivity contribution in [3.63, 3.8) is 0 Å². The molecule has 0 aliphatic carbocycles. The van der Waals surface area contributed by atoms with Crippen LogP contribution in [0.4, 0.5) is 0 Å². The van der Waals surface area contributed by atoms with E-state index in [-0.39, 0.29) is 29.3 Å². The molecular formula is C45H45Br2NO8. The van der Waals surface area contributed by atoms with Gasteiger partial charge < -0.3 is 23.6 Å². The van der Waals surface area contributed by atoms with Crippen molar-refractivity contribution < 1.29 is 37.5 Å². The van der Waals surface area contributed by atoms with E-state index in [0.29, 0.717) is 92.4 Å². The number of amides is 1. The molecule has 2 heterocycles. The Labute approximate surface area is 343 Å². The maximum atomic E-state index is 13.4. The van der Waals surface area contributed by atoms with Crippen molar-refractivity contribution >= 4 is 77.1 Å². The van der Waals surface area contributed by atoms with Gasteiger partial charge in [0.15, 0.2) is 11.6 Å². The van der Waals surface area contributed by atoms with Gasteiger partial charge in [-0.25, -0.2) is 0 Å². The van der Waals surface area contributed by atoms with E-state index in [1.165, 1.54) is 0 Å². The largest absolute Gasteiger partial charge is 0.497 e. The van der Waals surface area contributed by atoms with Crippen molar-refractivity contribution in [1.82, 2.24) is 5.32 Å². The molecule has 1 atom stereocenters. The number of hydrogen-bond donors (Lipinski definition) is 1. The van der Waals surface area contributed by atoms with Gasteiger partial charge in [-0.15, -0.1) is 0 Å². The summed E-state index contributed by atoms with van der Waals surface area (Å²) in [6.45, 7) is 9.57. The molecule has 0 saturated carbocycles. The molecule has 0 saturated heterocycles. The lowest BCUT2D eigenvalue weighted by Crippen LogP contribution is -2.33. The molecule has 0 spiro atoms. The summed E-state index contributed by atoms with van der Waals surface area (Å²) in [7, 11) is 3.15. The summed E-state index contributed by atoms with van der Waals surface area (Å²) in [6.07, 6.45) is 1.29. The molecule has 4 aromatic carbocycles. The number of carbonyl (C=O) groups excluding carboxylic acids is 4. The molecule has 6 aromatic rings. The predicted octanol–water partition coefficient (Wildman–Crippen LogP) is 11.0. The van der Waals surface area contributed by atoms with E-state index in [1.807, 2.05) is 58.0 Å². The summed E-state index contributed by atoms with van der Waals surface area (Å²) >= 11 is 6.78. The molecule has 0 bridgehead atoms. The van der Waals surface area contributed by atoms with E-state index in [0.717, 1.165) is 8.95 Å². The summed E-state index contributed by atoms with van der Waals surface area (Å²) in [5.74, 6) is 1.55. The van der Waals surface area contributed by atoms with Crippen LogP contribution in [0.15, 0.2) is 103 Å². The van der Waals surface area contributed by atoms with Gasteiger partial charge in [-0.2, -0.15) is 0 Å². The fraction of sp³-hybridized carbons (Fsp3) is 0.289. The number of carbonyl (C=O) groups is 4. The molecule has 0 aliphatic rings. The van der Waals surface area contributed by atoms with Crippen molar-refractivity contribution in [2.24, 2.45) is 5.92 Å². The molecule has 11 heteroatoms. The van der Waals surface area contributed by atoms with E-state index >= 15 is 0 Å². The highest BCUT2D eigenvalue weighted by Crippen LogP contribution is 2.36. The second-order valence-electron chi connectivity index (χ2n) is 14.2. The van der Waals surface area contributed by atoms with Crippen LogP contribution in [0.3, 0.4) is 0 Å². The highest BCUT2D eigenvalue weighted by molar-refractivity contribution is 9.10. The number of fused-ring (bicyclic) bond motifs is 2. The molecule has 0 aliphatic heterocycles. The minimum Gasteiger partial charge on any atom is -0.497 e. The molecule has 292 valence electrons. The summed E-state index contributed by atoms with van der Waals surface area (Å²) in [6, 6.07) is 25.0. The number of Topliss-reactive ketones (excluding diaryl/α,β-unsaturated/α-hetero) is 1. The number of rotatable bonds is 14. The van der Waals surface area contributed by atoms with Crippen LogP contribution in [0.1, 0.15) is 96.7 Å². The number of hydrogen-bond acceptors (Lipinski definition) is 8. The number of ether oxygens (including phenoxy) is 2. The van der Waals surface area contributed by atoms with Crippen molar-refractivity contribution in [2.45, 2.75) is 65.8 Å². The average molecular weight is 888 g/mol. The normalized spacial score (nSPS) is 11.7. The zero-order valence-electron chi connectivity index (χ0n) is 32.5. The number of aryl methyl sites for hydroxylation is 1. The Morgan fingerprint density at radius 3 is 1.62 bits per heavy atom. The van der Waals surface area contributed by atoms with Crippen LogP contribution in [0.25, 0.3) is 21.9 Å². The Morgan fingerprint density at radius 1 is 0.661 bits per heavy atom. The highest BCUT2D eigenvalue weighted by Gasteiger charge is 2.30. The lowest BCUT2D eigenvalue weighted by atomic mass is 9.95. The number of ketones is 3. The number of nitrogens with one attached hydrogen (secondary N) is 1. The van der Waals surface area contributed by atoms with Crippen molar-refractivity contribution in [2.75, 3.05) is 14.2 Å². The summed E-state index contributed by atoms with van der Waals surface area (Å²) in [5.41, 5.74) is 3.15. The Hall–Kier alpha value is -5.00. The van der Waals surface area contributed by atoms with Crippen LogP contribution < -0.4 is 14.8 Å². The summed E-state index contributed by atoms with van der Waals surface area (Å²) < 4.78 is 24.4. The number of furan rings is 2. The van der Waals surface area contributed by atoms with Crippen molar-refractivity contribution in [1.29, 1.82) is 0 Å². The van der Waals surface area contributed by atoms with Gasteiger partial charge in [-0.05, 0) is 112 Å². The second-order valence-corrected chi connectivity index (χ2v) is 16.0. The number of methoxy groups -OCH3 is 2. The van der Waals surface area contributed by atoms with Gasteiger partial charge in [0.05, 0.1) is 31.3 Å². The average Bonchev–Trinajstić information content (AvgIpc) is 3.74. The van der Waals surface area contributed by atoms with Gasteiger partial charge >= 0.3 is 0 Å². The van der Waals surface area contributed by atoms with E-state index in [9.17, 15) is 19.2 Å². The maximum Gasteiger partial charge on any atom is 0.230 e. The fourth-order valence-electron chi connectivity index (χ4n) is 6.27. The van der Waals surface area contributed by atoms with Crippen LogP contribution in [-0.4, -0.2) is 43.5 Å². The SMILES string of the molecule is COc1ccc2oc(C(C)C(=O)NC(C)C)c(C(=O)c3ccc(Br)cc3)c2c1.COc1ccc2oc(CCC(=O)CC(C)C)c(C(=O)c3ccc(Br)cc3)c2c1. The first kappa shape index (κ1) is 42.1. The number of benzene rings is 4. The first-order valence-electron chi connectivity index (χ1n) is 18.3. The summed E-state index contributed by atoms with van der Waals surface area (Å²) in [4.78, 5) is 51.4. The van der Waals surface area contributed by atoms with Gasteiger partial charge in [0.1, 0.15) is 40.0 Å². The highest BCUT2D eigenvalue weighted by atomic mass is 79.9. The molecule has 6 rings (SSSR count).